The second-order valence-electron chi connectivity index (χ2n) is 5.72. The molecule has 0 aromatic heterocycles. The third kappa shape index (κ3) is 3.69. The maximum Gasteiger partial charge on any atom is 0.416 e. The molecule has 24 heavy (non-hydrogen) atoms. The van der Waals surface area contributed by atoms with E-state index in [1.54, 1.807) is 0 Å². The fourth-order valence-corrected chi connectivity index (χ4v) is 2.74. The van der Waals surface area contributed by atoms with Crippen molar-refractivity contribution in [2.24, 2.45) is 0 Å². The van der Waals surface area contributed by atoms with Gasteiger partial charge in [0.1, 0.15) is 5.75 Å². The number of para-hydroxylation sites is 1. The number of nitrogens with one attached hydrogen (secondary N) is 1. The van der Waals surface area contributed by atoms with Crippen LogP contribution in [0.2, 0.25) is 0 Å². The number of carbonyl (C=O) groups is 1. The monoisotopic (exact) mass is 335 g/mol. The summed E-state index contributed by atoms with van der Waals surface area (Å²) >= 11 is 0. The van der Waals surface area contributed by atoms with Crippen molar-refractivity contribution in [2.75, 3.05) is 13.2 Å². The minimum Gasteiger partial charge on any atom is -0.493 e. The first-order chi connectivity index (χ1) is 11.4. The van der Waals surface area contributed by atoms with E-state index >= 15 is 0 Å². The zero-order valence-electron chi connectivity index (χ0n) is 12.8. The van der Waals surface area contributed by atoms with Gasteiger partial charge in [-0.1, -0.05) is 36.4 Å². The number of ether oxygens (including phenoxy) is 1. The molecule has 0 saturated heterocycles. The first kappa shape index (κ1) is 16.4. The molecule has 0 bridgehead atoms. The Morgan fingerprint density at radius 1 is 1.17 bits per heavy atom. The lowest BCUT2D eigenvalue weighted by Crippen LogP contribution is -2.30. The lowest BCUT2D eigenvalue weighted by Gasteiger charge is -2.12. The topological polar surface area (TPSA) is 38.3 Å². The number of fused-ring (bicyclic) bond motifs is 1. The summed E-state index contributed by atoms with van der Waals surface area (Å²) in [7, 11) is 0. The van der Waals surface area contributed by atoms with E-state index in [1.165, 1.54) is 12.1 Å². The minimum absolute atomic E-state index is 0.0617. The average Bonchev–Trinajstić information content (AvgIpc) is 2.96. The Balaban J connectivity index is 1.57. The van der Waals surface area contributed by atoms with Gasteiger partial charge in [-0.3, -0.25) is 4.79 Å². The molecule has 2 aromatic rings. The molecule has 1 atom stereocenters. The molecule has 0 fully saturated rings. The van der Waals surface area contributed by atoms with Crippen molar-refractivity contribution in [1.29, 1.82) is 0 Å². The summed E-state index contributed by atoms with van der Waals surface area (Å²) in [4.78, 5) is 12.0. The van der Waals surface area contributed by atoms with E-state index < -0.39 is 11.7 Å². The highest BCUT2D eigenvalue weighted by molar-refractivity contribution is 5.78. The second kappa shape index (κ2) is 6.55. The van der Waals surface area contributed by atoms with Gasteiger partial charge in [0.05, 0.1) is 18.6 Å². The van der Waals surface area contributed by atoms with Crippen molar-refractivity contribution >= 4 is 5.91 Å². The maximum atomic E-state index is 12.7. The van der Waals surface area contributed by atoms with Crippen LogP contribution in [0.3, 0.4) is 0 Å². The van der Waals surface area contributed by atoms with Crippen LogP contribution in [0.15, 0.2) is 48.5 Å². The van der Waals surface area contributed by atoms with Gasteiger partial charge in [-0.2, -0.15) is 13.2 Å². The Morgan fingerprint density at radius 2 is 1.96 bits per heavy atom. The van der Waals surface area contributed by atoms with Gasteiger partial charge in [0.15, 0.2) is 0 Å². The van der Waals surface area contributed by atoms with E-state index in [9.17, 15) is 18.0 Å². The first-order valence-electron chi connectivity index (χ1n) is 7.58. The van der Waals surface area contributed by atoms with Crippen LogP contribution in [-0.4, -0.2) is 19.1 Å². The molecule has 1 aliphatic heterocycles. The number of benzene rings is 2. The summed E-state index contributed by atoms with van der Waals surface area (Å²) in [5.41, 5.74) is 0.633. The Kier molecular flexibility index (Phi) is 4.46. The molecule has 6 heteroatoms. The number of rotatable bonds is 4. The Bertz CT molecular complexity index is 743. The van der Waals surface area contributed by atoms with Gasteiger partial charge < -0.3 is 10.1 Å². The van der Waals surface area contributed by atoms with Crippen molar-refractivity contribution in [2.45, 2.75) is 18.5 Å². The molecule has 0 radical (unpaired) electrons. The van der Waals surface area contributed by atoms with Crippen molar-refractivity contribution in [3.8, 4) is 5.75 Å². The van der Waals surface area contributed by atoms with Crippen LogP contribution in [0.4, 0.5) is 13.2 Å². The van der Waals surface area contributed by atoms with Gasteiger partial charge in [0.2, 0.25) is 5.91 Å². The van der Waals surface area contributed by atoms with Crippen LogP contribution < -0.4 is 10.1 Å². The molecule has 126 valence electrons. The molecule has 2 aromatic carbocycles. The van der Waals surface area contributed by atoms with Gasteiger partial charge in [0, 0.05) is 18.0 Å². The van der Waals surface area contributed by atoms with Gasteiger partial charge in [-0.15, -0.1) is 0 Å². The molecule has 1 N–H and O–H groups in total. The van der Waals surface area contributed by atoms with Gasteiger partial charge in [-0.05, 0) is 17.7 Å². The molecule has 0 saturated carbocycles. The van der Waals surface area contributed by atoms with Crippen molar-refractivity contribution in [3.05, 3.63) is 65.2 Å². The van der Waals surface area contributed by atoms with Crippen LogP contribution in [0.5, 0.6) is 5.75 Å². The fraction of sp³-hybridized carbons (Fsp3) is 0.278. The number of alkyl halides is 3. The lowest BCUT2D eigenvalue weighted by atomic mass is 10.0. The summed E-state index contributed by atoms with van der Waals surface area (Å²) in [6.07, 6.45) is -4.49. The quantitative estimate of drug-likeness (QED) is 0.928. The summed E-state index contributed by atoms with van der Waals surface area (Å²) in [6, 6.07) is 12.4. The Hall–Kier alpha value is -2.50. The van der Waals surface area contributed by atoms with Gasteiger partial charge in [0.25, 0.3) is 0 Å². The number of amides is 1. The number of hydrogen-bond acceptors (Lipinski definition) is 2. The first-order valence-corrected chi connectivity index (χ1v) is 7.58. The summed E-state index contributed by atoms with van der Waals surface area (Å²) in [6.45, 7) is 0.887. The Labute approximate surface area is 137 Å². The fourth-order valence-electron chi connectivity index (χ4n) is 2.74. The largest absolute Gasteiger partial charge is 0.493 e. The number of halogens is 3. The minimum atomic E-state index is -4.41. The highest BCUT2D eigenvalue weighted by Crippen LogP contribution is 2.33. The van der Waals surface area contributed by atoms with E-state index in [2.05, 4.69) is 5.32 Å². The van der Waals surface area contributed by atoms with E-state index in [4.69, 9.17) is 4.74 Å². The zero-order chi connectivity index (χ0) is 17.2. The third-order valence-electron chi connectivity index (χ3n) is 3.96. The van der Waals surface area contributed by atoms with E-state index in [0.29, 0.717) is 18.7 Å². The smallest absolute Gasteiger partial charge is 0.416 e. The molecule has 1 aliphatic rings. The van der Waals surface area contributed by atoms with E-state index in [1.807, 2.05) is 24.3 Å². The van der Waals surface area contributed by atoms with Crippen LogP contribution in [-0.2, 0) is 17.4 Å². The van der Waals surface area contributed by atoms with Crippen LogP contribution >= 0.6 is 0 Å². The van der Waals surface area contributed by atoms with Crippen LogP contribution in [0.25, 0.3) is 0 Å². The predicted molar refractivity (Wildman–Crippen MR) is 82.8 cm³/mol. The molecular weight excluding hydrogens is 319 g/mol. The molecule has 0 unspecified atom stereocenters. The SMILES string of the molecule is O=C(Cc1cccc(C(F)(F)F)c1)NC[C@H]1COc2ccccc21. The molecule has 1 amide bonds. The highest BCUT2D eigenvalue weighted by Gasteiger charge is 2.30. The molecule has 1 heterocycles. The lowest BCUT2D eigenvalue weighted by molar-refractivity contribution is -0.137. The van der Waals surface area contributed by atoms with E-state index in [-0.39, 0.29) is 18.2 Å². The predicted octanol–water partition coefficient (Wildman–Crippen LogP) is 3.54. The number of hydrogen-bond donors (Lipinski definition) is 1. The van der Waals surface area contributed by atoms with Crippen molar-refractivity contribution in [1.82, 2.24) is 5.32 Å². The molecule has 3 nitrogen and oxygen atoms in total. The molecule has 0 aliphatic carbocycles. The zero-order valence-corrected chi connectivity index (χ0v) is 12.8. The van der Waals surface area contributed by atoms with Crippen LogP contribution in [0.1, 0.15) is 22.6 Å². The normalized spacial score (nSPS) is 16.4. The molecular formula is C18H16F3NO2. The molecule has 0 spiro atoms. The molecule has 3 rings (SSSR count). The summed E-state index contributed by atoms with van der Waals surface area (Å²) < 4.78 is 43.6. The highest BCUT2D eigenvalue weighted by atomic mass is 19.4. The third-order valence-corrected chi connectivity index (χ3v) is 3.96. The maximum absolute atomic E-state index is 12.7. The van der Waals surface area contributed by atoms with Crippen LogP contribution in [0, 0.1) is 0 Å². The average molecular weight is 335 g/mol. The van der Waals surface area contributed by atoms with Crippen molar-refractivity contribution in [3.63, 3.8) is 0 Å². The summed E-state index contributed by atoms with van der Waals surface area (Å²) in [5, 5.41) is 2.77. The summed E-state index contributed by atoms with van der Waals surface area (Å²) in [5.74, 6) is 0.569. The number of carbonyl (C=O) groups excluding carboxylic acids is 1. The standard InChI is InChI=1S/C18H16F3NO2/c19-18(20,21)14-5-3-4-12(8-14)9-17(23)22-10-13-11-24-16-7-2-1-6-15(13)16/h1-8,13H,9-11H2,(H,22,23)/t13-/m0/s1. The van der Waals surface area contributed by atoms with Gasteiger partial charge in [-0.25, -0.2) is 0 Å². The van der Waals surface area contributed by atoms with Crippen molar-refractivity contribution < 1.29 is 22.7 Å². The second-order valence-corrected chi connectivity index (χ2v) is 5.72. The Morgan fingerprint density at radius 3 is 2.75 bits per heavy atom. The van der Waals surface area contributed by atoms with E-state index in [0.717, 1.165) is 23.4 Å². The van der Waals surface area contributed by atoms with Gasteiger partial charge >= 0.3 is 6.18 Å².